The maximum absolute atomic E-state index is 6.15. The van der Waals surface area contributed by atoms with Crippen molar-refractivity contribution in [3.05, 3.63) is 45.7 Å². The highest BCUT2D eigenvalue weighted by atomic mass is 127. The molecule has 110 valence electrons. The highest BCUT2D eigenvalue weighted by Gasteiger charge is 2.12. The Bertz CT molecular complexity index is 762. The van der Waals surface area contributed by atoms with E-state index in [-0.39, 0.29) is 24.0 Å². The molecule has 3 rings (SSSR count). The zero-order chi connectivity index (χ0) is 14.3. The molecule has 0 amide bonds. The second-order valence-electron chi connectivity index (χ2n) is 4.78. The molecule has 0 radical (unpaired) electrons. The smallest absolute Gasteiger partial charge is 0.183 e. The Morgan fingerprint density at radius 1 is 1.29 bits per heavy atom. The fourth-order valence-electron chi connectivity index (χ4n) is 2.19. The molecule has 0 atom stereocenters. The van der Waals surface area contributed by atoms with E-state index in [1.54, 1.807) is 0 Å². The number of rotatable bonds is 2. The van der Waals surface area contributed by atoms with Gasteiger partial charge in [0.1, 0.15) is 12.4 Å². The van der Waals surface area contributed by atoms with E-state index < -0.39 is 0 Å². The molecular formula is C15H14BrClIN3. The number of aryl methyl sites for hydroxylation is 2. The lowest BCUT2D eigenvalue weighted by Crippen LogP contribution is -3.00. The van der Waals surface area contributed by atoms with Crippen molar-refractivity contribution in [2.24, 2.45) is 0 Å². The summed E-state index contributed by atoms with van der Waals surface area (Å²) in [6.45, 7) is 5.02. The van der Waals surface area contributed by atoms with E-state index in [1.165, 1.54) is 0 Å². The summed E-state index contributed by atoms with van der Waals surface area (Å²) < 4.78 is 3.15. The molecule has 3 aromatic rings. The lowest BCUT2D eigenvalue weighted by molar-refractivity contribution is -0.693. The Labute approximate surface area is 153 Å². The van der Waals surface area contributed by atoms with Crippen molar-refractivity contribution in [3.63, 3.8) is 0 Å². The van der Waals surface area contributed by atoms with Gasteiger partial charge in [0, 0.05) is 5.02 Å². The minimum atomic E-state index is 0. The Morgan fingerprint density at radius 3 is 2.76 bits per heavy atom. The molecule has 2 aromatic heterocycles. The van der Waals surface area contributed by atoms with Crippen molar-refractivity contribution in [3.8, 4) is 11.4 Å². The Morgan fingerprint density at radius 2 is 2.05 bits per heavy atom. The largest absolute Gasteiger partial charge is 1.00 e. The van der Waals surface area contributed by atoms with Gasteiger partial charge in [0.2, 0.25) is 0 Å². The number of imidazole rings is 1. The van der Waals surface area contributed by atoms with Crippen molar-refractivity contribution in [1.82, 2.24) is 9.97 Å². The van der Waals surface area contributed by atoms with Crippen molar-refractivity contribution < 1.29 is 28.5 Å². The van der Waals surface area contributed by atoms with Gasteiger partial charge in [-0.25, -0.2) is 9.55 Å². The Hall–Kier alpha value is -0.660. The number of hydrogen-bond donors (Lipinski definition) is 1. The van der Waals surface area contributed by atoms with Crippen LogP contribution in [0.5, 0.6) is 0 Å². The number of pyridine rings is 1. The molecule has 0 aliphatic heterocycles. The van der Waals surface area contributed by atoms with Crippen LogP contribution in [-0.2, 0) is 6.54 Å². The molecule has 21 heavy (non-hydrogen) atoms. The van der Waals surface area contributed by atoms with Gasteiger partial charge >= 0.3 is 0 Å². The fourth-order valence-corrected chi connectivity index (χ4v) is 2.85. The summed E-state index contributed by atoms with van der Waals surface area (Å²) in [6, 6.07) is 5.98. The van der Waals surface area contributed by atoms with E-state index in [2.05, 4.69) is 49.7 Å². The van der Waals surface area contributed by atoms with Gasteiger partial charge in [-0.15, -0.1) is 0 Å². The zero-order valence-electron chi connectivity index (χ0n) is 11.6. The molecule has 0 aliphatic rings. The number of H-pyrrole nitrogens is 1. The average molecular weight is 479 g/mol. The van der Waals surface area contributed by atoms with Crippen LogP contribution in [0.15, 0.2) is 35.1 Å². The van der Waals surface area contributed by atoms with E-state index in [0.717, 1.165) is 44.0 Å². The van der Waals surface area contributed by atoms with Crippen LogP contribution in [0.4, 0.5) is 0 Å². The summed E-state index contributed by atoms with van der Waals surface area (Å²) in [6.07, 6.45) is 4.13. The molecule has 0 unspecified atom stereocenters. The Balaban J connectivity index is 0.00000161. The highest BCUT2D eigenvalue weighted by Crippen LogP contribution is 2.26. The predicted octanol–water partition coefficient (Wildman–Crippen LogP) is 1.27. The third-order valence-electron chi connectivity index (χ3n) is 3.29. The summed E-state index contributed by atoms with van der Waals surface area (Å²) in [5.74, 6) is 0.852. The molecule has 0 aliphatic carbocycles. The second-order valence-corrected chi connectivity index (χ2v) is 6.10. The second kappa shape index (κ2) is 6.62. The van der Waals surface area contributed by atoms with Gasteiger partial charge in [-0.2, -0.15) is 0 Å². The summed E-state index contributed by atoms with van der Waals surface area (Å²) >= 11 is 9.68. The van der Waals surface area contributed by atoms with Crippen LogP contribution in [-0.4, -0.2) is 9.97 Å². The molecule has 3 nitrogen and oxygen atoms in total. The van der Waals surface area contributed by atoms with Crippen molar-refractivity contribution in [2.45, 2.75) is 20.4 Å². The molecule has 2 heterocycles. The molecular weight excluding hydrogens is 464 g/mol. The standard InChI is InChI=1S/C15H14BrClN3.HI/c1-3-20-7-10(5-11(16)8-20)15-18-13-4-9(2)12(17)6-14(13)19-15;/h4-8H,3H2,1-2H3,(H,18,19);1H/q+1;/p-1. The van der Waals surface area contributed by atoms with Crippen LogP contribution in [0.1, 0.15) is 12.5 Å². The van der Waals surface area contributed by atoms with E-state index in [0.29, 0.717) is 0 Å². The maximum Gasteiger partial charge on any atom is 0.183 e. The minimum absolute atomic E-state index is 0. The molecule has 0 saturated carbocycles. The molecule has 1 N–H and O–H groups in total. The number of aromatic amines is 1. The van der Waals surface area contributed by atoms with Gasteiger partial charge in [0.05, 0.1) is 21.1 Å². The van der Waals surface area contributed by atoms with Gasteiger partial charge < -0.3 is 29.0 Å². The van der Waals surface area contributed by atoms with E-state index in [9.17, 15) is 0 Å². The van der Waals surface area contributed by atoms with Gasteiger partial charge in [0.25, 0.3) is 0 Å². The van der Waals surface area contributed by atoms with Gasteiger partial charge in [-0.3, -0.25) is 0 Å². The van der Waals surface area contributed by atoms with Gasteiger partial charge in [-0.05, 0) is 53.5 Å². The number of aromatic nitrogens is 3. The van der Waals surface area contributed by atoms with Crippen LogP contribution in [0, 0.1) is 6.92 Å². The molecule has 0 bridgehead atoms. The van der Waals surface area contributed by atoms with Crippen molar-refractivity contribution >= 4 is 38.6 Å². The first-order valence-corrected chi connectivity index (χ1v) is 7.60. The summed E-state index contributed by atoms with van der Waals surface area (Å²) in [7, 11) is 0. The highest BCUT2D eigenvalue weighted by molar-refractivity contribution is 9.10. The number of fused-ring (bicyclic) bond motifs is 1. The molecule has 6 heteroatoms. The lowest BCUT2D eigenvalue weighted by Gasteiger charge is -1.98. The van der Waals surface area contributed by atoms with Gasteiger partial charge in [0.15, 0.2) is 12.4 Å². The Kier molecular flexibility index (Phi) is 5.27. The van der Waals surface area contributed by atoms with Crippen LogP contribution >= 0.6 is 27.5 Å². The van der Waals surface area contributed by atoms with Crippen LogP contribution in [0.3, 0.4) is 0 Å². The average Bonchev–Trinajstić information content (AvgIpc) is 2.81. The summed E-state index contributed by atoms with van der Waals surface area (Å²) in [5, 5.41) is 0.744. The van der Waals surface area contributed by atoms with Crippen LogP contribution in [0.25, 0.3) is 22.4 Å². The minimum Gasteiger partial charge on any atom is -1.00 e. The number of hydrogen-bond acceptors (Lipinski definition) is 1. The van der Waals surface area contributed by atoms with E-state index >= 15 is 0 Å². The number of nitrogens with one attached hydrogen (secondary N) is 1. The van der Waals surface area contributed by atoms with Crippen LogP contribution in [0.2, 0.25) is 5.02 Å². The van der Waals surface area contributed by atoms with Crippen LogP contribution < -0.4 is 28.5 Å². The van der Waals surface area contributed by atoms with Gasteiger partial charge in [-0.1, -0.05) is 11.6 Å². The predicted molar refractivity (Wildman–Crippen MR) is 84.8 cm³/mol. The van der Waals surface area contributed by atoms with E-state index in [4.69, 9.17) is 11.6 Å². The first-order chi connectivity index (χ1) is 9.56. The topological polar surface area (TPSA) is 32.6 Å². The molecule has 0 saturated heterocycles. The summed E-state index contributed by atoms with van der Waals surface area (Å²) in [5.41, 5.74) is 3.99. The first kappa shape index (κ1) is 16.7. The number of halogens is 3. The third-order valence-corrected chi connectivity index (χ3v) is 4.13. The fraction of sp³-hybridized carbons (Fsp3) is 0.200. The molecule has 0 spiro atoms. The monoisotopic (exact) mass is 477 g/mol. The normalized spacial score (nSPS) is 10.7. The molecule has 0 fully saturated rings. The number of nitrogens with zero attached hydrogens (tertiary/aromatic N) is 2. The van der Waals surface area contributed by atoms with Crippen molar-refractivity contribution in [2.75, 3.05) is 0 Å². The molecule has 1 aromatic carbocycles. The zero-order valence-corrected chi connectivity index (χ0v) is 16.1. The third kappa shape index (κ3) is 3.40. The van der Waals surface area contributed by atoms with E-state index in [1.807, 2.05) is 25.3 Å². The first-order valence-electron chi connectivity index (χ1n) is 6.42. The quantitative estimate of drug-likeness (QED) is 0.437. The maximum atomic E-state index is 6.15. The van der Waals surface area contributed by atoms with Crippen molar-refractivity contribution in [1.29, 1.82) is 0 Å². The number of benzene rings is 1. The summed E-state index contributed by atoms with van der Waals surface area (Å²) in [4.78, 5) is 7.98. The lowest BCUT2D eigenvalue weighted by atomic mass is 10.2. The SMILES string of the molecule is CC[n+]1cc(Br)cc(-c2nc3cc(Cl)c(C)cc3[nH]2)c1.[I-].